The molecule has 0 aliphatic heterocycles. The van der Waals surface area contributed by atoms with Gasteiger partial charge in [0.15, 0.2) is 0 Å². The van der Waals surface area contributed by atoms with Crippen LogP contribution in [0.5, 0.6) is 0 Å². The lowest BCUT2D eigenvalue weighted by Crippen LogP contribution is -2.25. The summed E-state index contributed by atoms with van der Waals surface area (Å²) in [5.74, 6) is -0.887. The summed E-state index contributed by atoms with van der Waals surface area (Å²) >= 11 is 0. The van der Waals surface area contributed by atoms with Crippen LogP contribution in [0.15, 0.2) is 30.3 Å². The van der Waals surface area contributed by atoms with Crippen molar-refractivity contribution in [3.05, 3.63) is 41.5 Å². The van der Waals surface area contributed by atoms with Gasteiger partial charge in [0.2, 0.25) is 0 Å². The van der Waals surface area contributed by atoms with Crippen LogP contribution in [-0.4, -0.2) is 50.0 Å². The van der Waals surface area contributed by atoms with E-state index < -0.39 is 15.8 Å². The molecule has 0 fully saturated rings. The number of sulfone groups is 1. The Labute approximate surface area is 119 Å². The molecule has 0 radical (unpaired) electrons. The molecule has 6 heteroatoms. The summed E-state index contributed by atoms with van der Waals surface area (Å²) in [4.78, 5) is 12.5. The number of hydrogen-bond donors (Lipinski definition) is 1. The predicted molar refractivity (Wildman–Crippen MR) is 79.2 cm³/mol. The molecule has 0 aliphatic rings. The third-order valence-electron chi connectivity index (χ3n) is 2.74. The number of hydrogen-bond acceptors (Lipinski definition) is 4. The lowest BCUT2D eigenvalue weighted by atomic mass is 10.1. The minimum Gasteiger partial charge on any atom is -0.478 e. The molecule has 1 aromatic carbocycles. The third kappa shape index (κ3) is 6.49. The highest BCUT2D eigenvalue weighted by molar-refractivity contribution is 7.90. The van der Waals surface area contributed by atoms with Gasteiger partial charge in [-0.2, -0.15) is 0 Å². The maximum absolute atomic E-state index is 11.1. The molecule has 0 bridgehead atoms. The van der Waals surface area contributed by atoms with E-state index in [-0.39, 0.29) is 5.75 Å². The molecule has 0 unspecified atom stereocenters. The zero-order chi connectivity index (χ0) is 15.2. The van der Waals surface area contributed by atoms with Crippen molar-refractivity contribution in [3.63, 3.8) is 0 Å². The van der Waals surface area contributed by atoms with Gasteiger partial charge >= 0.3 is 5.97 Å². The topological polar surface area (TPSA) is 74.7 Å². The van der Waals surface area contributed by atoms with E-state index in [1.165, 1.54) is 6.26 Å². The highest BCUT2D eigenvalue weighted by atomic mass is 32.2. The van der Waals surface area contributed by atoms with Gasteiger partial charge in [0.25, 0.3) is 0 Å². The Balaban J connectivity index is 2.74. The average molecular weight is 297 g/mol. The quantitative estimate of drug-likeness (QED) is 0.767. The van der Waals surface area contributed by atoms with Gasteiger partial charge in [0.1, 0.15) is 9.84 Å². The zero-order valence-corrected chi connectivity index (χ0v) is 12.4. The smallest absolute Gasteiger partial charge is 0.328 e. The van der Waals surface area contributed by atoms with E-state index in [1.807, 2.05) is 36.2 Å². The number of carbonyl (C=O) groups is 1. The summed E-state index contributed by atoms with van der Waals surface area (Å²) in [5, 5.41) is 8.66. The highest BCUT2D eigenvalue weighted by Crippen LogP contribution is 2.13. The Bertz CT molecular complexity index is 593. The second-order valence-corrected chi connectivity index (χ2v) is 7.00. The molecule has 1 N–H and O–H groups in total. The minimum atomic E-state index is -2.98. The van der Waals surface area contributed by atoms with E-state index >= 15 is 0 Å². The number of rotatable bonds is 7. The Morgan fingerprint density at radius 3 is 2.60 bits per heavy atom. The minimum absolute atomic E-state index is 0.108. The molecule has 20 heavy (non-hydrogen) atoms. The van der Waals surface area contributed by atoms with Crippen molar-refractivity contribution in [2.45, 2.75) is 6.54 Å². The molecule has 0 saturated heterocycles. The van der Waals surface area contributed by atoms with Gasteiger partial charge in [0.05, 0.1) is 5.75 Å². The molecule has 0 amide bonds. The van der Waals surface area contributed by atoms with Crippen LogP contribution in [0.3, 0.4) is 0 Å². The van der Waals surface area contributed by atoms with Crippen molar-refractivity contribution >= 4 is 21.9 Å². The maximum Gasteiger partial charge on any atom is 0.328 e. The zero-order valence-electron chi connectivity index (χ0n) is 11.6. The molecule has 110 valence electrons. The Morgan fingerprint density at radius 2 is 2.00 bits per heavy atom. The molecular weight excluding hydrogens is 278 g/mol. The molecule has 0 aromatic heterocycles. The van der Waals surface area contributed by atoms with Crippen molar-refractivity contribution in [1.82, 2.24) is 4.90 Å². The van der Waals surface area contributed by atoms with Crippen LogP contribution in [0.1, 0.15) is 11.1 Å². The Hall–Kier alpha value is -1.66. The molecule has 0 spiro atoms. The third-order valence-corrected chi connectivity index (χ3v) is 3.67. The molecule has 5 nitrogen and oxygen atoms in total. The van der Waals surface area contributed by atoms with Crippen LogP contribution in [0, 0.1) is 0 Å². The van der Waals surface area contributed by atoms with E-state index in [4.69, 9.17) is 5.11 Å². The fourth-order valence-corrected chi connectivity index (χ4v) is 2.34. The number of aliphatic carboxylic acids is 1. The lowest BCUT2D eigenvalue weighted by Gasteiger charge is -2.17. The molecule has 1 aromatic rings. The second kappa shape index (κ2) is 7.21. The largest absolute Gasteiger partial charge is 0.478 e. The predicted octanol–water partition coefficient (Wildman–Crippen LogP) is 1.26. The van der Waals surface area contributed by atoms with Crippen LogP contribution in [0.4, 0.5) is 0 Å². The van der Waals surface area contributed by atoms with Crippen molar-refractivity contribution in [2.24, 2.45) is 0 Å². The fourth-order valence-electron chi connectivity index (χ4n) is 1.69. The van der Waals surface area contributed by atoms with Gasteiger partial charge < -0.3 is 10.0 Å². The van der Waals surface area contributed by atoms with Crippen molar-refractivity contribution in [1.29, 1.82) is 0 Å². The molecule has 0 aliphatic carbocycles. The monoisotopic (exact) mass is 297 g/mol. The first-order chi connectivity index (χ1) is 9.28. The second-order valence-electron chi connectivity index (χ2n) is 4.74. The van der Waals surface area contributed by atoms with Crippen LogP contribution in [0.25, 0.3) is 6.08 Å². The van der Waals surface area contributed by atoms with Gasteiger partial charge in [-0.15, -0.1) is 0 Å². The lowest BCUT2D eigenvalue weighted by molar-refractivity contribution is -0.131. The van der Waals surface area contributed by atoms with Crippen molar-refractivity contribution in [2.75, 3.05) is 25.6 Å². The molecular formula is C14H19NO4S. The van der Waals surface area contributed by atoms with E-state index in [0.29, 0.717) is 13.1 Å². The highest BCUT2D eigenvalue weighted by Gasteiger charge is 2.07. The molecule has 0 saturated carbocycles. The first-order valence-electron chi connectivity index (χ1n) is 6.13. The molecule has 0 atom stereocenters. The summed E-state index contributed by atoms with van der Waals surface area (Å²) < 4.78 is 22.3. The summed E-state index contributed by atoms with van der Waals surface area (Å²) in [7, 11) is -1.14. The number of carboxylic acid groups (broad SMARTS) is 1. The van der Waals surface area contributed by atoms with Crippen LogP contribution >= 0.6 is 0 Å². The normalized spacial score (nSPS) is 12.2. The van der Waals surface area contributed by atoms with E-state index in [2.05, 4.69) is 0 Å². The van der Waals surface area contributed by atoms with E-state index in [9.17, 15) is 13.2 Å². The summed E-state index contributed by atoms with van der Waals surface area (Å²) in [6, 6.07) is 7.44. The van der Waals surface area contributed by atoms with Gasteiger partial charge in [-0.05, 0) is 24.3 Å². The SMILES string of the molecule is CN(CCS(C)(=O)=O)Cc1ccccc1C=CC(=O)O. The van der Waals surface area contributed by atoms with Gasteiger partial charge in [-0.25, -0.2) is 13.2 Å². The van der Waals surface area contributed by atoms with Crippen LogP contribution < -0.4 is 0 Å². The van der Waals surface area contributed by atoms with Crippen molar-refractivity contribution in [3.8, 4) is 0 Å². The van der Waals surface area contributed by atoms with Crippen LogP contribution in [0.2, 0.25) is 0 Å². The summed E-state index contributed by atoms with van der Waals surface area (Å²) in [6.07, 6.45) is 3.85. The standard InChI is InChI=1S/C14H19NO4S/c1-15(9-10-20(2,18)19)11-13-6-4-3-5-12(13)7-8-14(16)17/h3-8H,9-11H2,1-2H3,(H,16,17). The van der Waals surface area contributed by atoms with Crippen LogP contribution in [-0.2, 0) is 21.2 Å². The first kappa shape index (κ1) is 16.4. The Morgan fingerprint density at radius 1 is 1.35 bits per heavy atom. The summed E-state index contributed by atoms with van der Waals surface area (Å²) in [5.41, 5.74) is 1.78. The number of benzene rings is 1. The molecule has 1 rings (SSSR count). The molecule has 0 heterocycles. The van der Waals surface area contributed by atoms with Gasteiger partial charge in [-0.3, -0.25) is 0 Å². The summed E-state index contributed by atoms with van der Waals surface area (Å²) in [6.45, 7) is 1.01. The van der Waals surface area contributed by atoms with E-state index in [1.54, 1.807) is 6.08 Å². The van der Waals surface area contributed by atoms with Crippen molar-refractivity contribution < 1.29 is 18.3 Å². The van der Waals surface area contributed by atoms with Gasteiger partial charge in [-0.1, -0.05) is 24.3 Å². The van der Waals surface area contributed by atoms with E-state index in [0.717, 1.165) is 17.2 Å². The maximum atomic E-state index is 11.1. The first-order valence-corrected chi connectivity index (χ1v) is 8.19. The average Bonchev–Trinajstić information content (AvgIpc) is 2.34. The number of carboxylic acids is 1. The number of nitrogens with zero attached hydrogens (tertiary/aromatic N) is 1. The van der Waals surface area contributed by atoms with Gasteiger partial charge in [0, 0.05) is 25.4 Å². The fraction of sp³-hybridized carbons (Fsp3) is 0.357. The Kier molecular flexibility index (Phi) is 5.91.